The van der Waals surface area contributed by atoms with E-state index in [1.165, 1.54) is 17.0 Å². The van der Waals surface area contributed by atoms with E-state index < -0.39 is 6.10 Å². The Hall–Kier alpha value is -2.64. The highest BCUT2D eigenvalue weighted by atomic mass is 35.5. The Morgan fingerprint density at radius 2 is 2.00 bits per heavy atom. The number of carbonyl (C=O) groups is 1. The molecule has 0 saturated carbocycles. The lowest BCUT2D eigenvalue weighted by atomic mass is 10.0. The molecule has 2 aromatic carbocycles. The van der Waals surface area contributed by atoms with Gasteiger partial charge >= 0.3 is 0 Å². The molecular weight excluding hydrogens is 314 g/mol. The summed E-state index contributed by atoms with van der Waals surface area (Å²) in [5.74, 6) is 2.80. The zero-order valence-corrected chi connectivity index (χ0v) is 13.0. The second kappa shape index (κ2) is 6.23. The molecule has 0 fully saturated rings. The van der Waals surface area contributed by atoms with Crippen LogP contribution in [0.3, 0.4) is 0 Å². The Labute approximate surface area is 139 Å². The summed E-state index contributed by atoms with van der Waals surface area (Å²) in [6.45, 7) is 0.150. The molecule has 1 atom stereocenters. The minimum atomic E-state index is -0.696. The van der Waals surface area contributed by atoms with E-state index >= 15 is 0 Å². The SMILES string of the molecule is C#CCN1C(=O)C(Cc2ccc(Cl)cc2)Oc2cc(O)ccc21. The largest absolute Gasteiger partial charge is 0.508 e. The van der Waals surface area contributed by atoms with Crippen molar-refractivity contribution >= 4 is 23.2 Å². The Bertz CT molecular complexity index is 780. The summed E-state index contributed by atoms with van der Waals surface area (Å²) in [5, 5.41) is 10.3. The van der Waals surface area contributed by atoms with Crippen molar-refractivity contribution < 1.29 is 14.6 Å². The van der Waals surface area contributed by atoms with Crippen molar-refractivity contribution in [3.63, 3.8) is 0 Å². The van der Waals surface area contributed by atoms with Crippen molar-refractivity contribution in [2.24, 2.45) is 0 Å². The number of terminal acetylenes is 1. The molecule has 0 radical (unpaired) electrons. The van der Waals surface area contributed by atoms with E-state index in [1.54, 1.807) is 18.2 Å². The van der Waals surface area contributed by atoms with Gasteiger partial charge in [0.1, 0.15) is 11.5 Å². The third-order valence-corrected chi connectivity index (χ3v) is 3.88. The number of phenols is 1. The number of hydrogen-bond acceptors (Lipinski definition) is 3. The quantitative estimate of drug-likeness (QED) is 0.882. The number of benzene rings is 2. The summed E-state index contributed by atoms with van der Waals surface area (Å²) in [7, 11) is 0. The van der Waals surface area contributed by atoms with Gasteiger partial charge in [0.05, 0.1) is 12.2 Å². The molecule has 0 bridgehead atoms. The zero-order valence-electron chi connectivity index (χ0n) is 12.2. The molecule has 0 saturated heterocycles. The summed E-state index contributed by atoms with van der Waals surface area (Å²) >= 11 is 5.88. The predicted octanol–water partition coefficient (Wildman–Crippen LogP) is 3.02. The van der Waals surface area contributed by atoms with Gasteiger partial charge in [-0.3, -0.25) is 9.69 Å². The van der Waals surface area contributed by atoms with E-state index in [4.69, 9.17) is 22.8 Å². The maximum absolute atomic E-state index is 12.7. The van der Waals surface area contributed by atoms with Crippen LogP contribution in [-0.2, 0) is 11.2 Å². The van der Waals surface area contributed by atoms with E-state index in [1.807, 2.05) is 12.1 Å². The summed E-state index contributed by atoms with van der Waals surface area (Å²) in [6, 6.07) is 11.8. The minimum absolute atomic E-state index is 0.0731. The van der Waals surface area contributed by atoms with Crippen LogP contribution in [0, 0.1) is 12.3 Å². The smallest absolute Gasteiger partial charge is 0.269 e. The van der Waals surface area contributed by atoms with Gasteiger partial charge in [-0.05, 0) is 29.8 Å². The van der Waals surface area contributed by atoms with Gasteiger partial charge in [-0.1, -0.05) is 29.7 Å². The van der Waals surface area contributed by atoms with Crippen LogP contribution in [-0.4, -0.2) is 23.7 Å². The van der Waals surface area contributed by atoms with E-state index in [9.17, 15) is 9.90 Å². The second-order valence-corrected chi connectivity index (χ2v) is 5.65. The van der Waals surface area contributed by atoms with Crippen LogP contribution < -0.4 is 9.64 Å². The maximum atomic E-state index is 12.7. The minimum Gasteiger partial charge on any atom is -0.508 e. The zero-order chi connectivity index (χ0) is 16.4. The number of ether oxygens (including phenoxy) is 1. The third-order valence-electron chi connectivity index (χ3n) is 3.63. The van der Waals surface area contributed by atoms with Crippen molar-refractivity contribution in [1.82, 2.24) is 0 Å². The topological polar surface area (TPSA) is 49.8 Å². The van der Waals surface area contributed by atoms with Crippen LogP contribution in [0.1, 0.15) is 5.56 Å². The molecule has 116 valence electrons. The first kappa shape index (κ1) is 15.3. The van der Waals surface area contributed by atoms with E-state index in [2.05, 4.69) is 5.92 Å². The van der Waals surface area contributed by atoms with Gasteiger partial charge in [0.25, 0.3) is 5.91 Å². The highest BCUT2D eigenvalue weighted by Crippen LogP contribution is 2.37. The van der Waals surface area contributed by atoms with Gasteiger partial charge in [-0.2, -0.15) is 0 Å². The number of amides is 1. The van der Waals surface area contributed by atoms with Crippen molar-refractivity contribution in [1.29, 1.82) is 0 Å². The number of carbonyl (C=O) groups excluding carboxylic acids is 1. The number of phenolic OH excluding ortho intramolecular Hbond substituents is 1. The first-order chi connectivity index (χ1) is 11.1. The molecule has 1 aliphatic heterocycles. The number of nitrogens with zero attached hydrogens (tertiary/aromatic N) is 1. The average Bonchev–Trinajstić information content (AvgIpc) is 2.53. The number of hydrogen-bond donors (Lipinski definition) is 1. The molecule has 2 aromatic rings. The van der Waals surface area contributed by atoms with E-state index in [0.29, 0.717) is 22.9 Å². The maximum Gasteiger partial charge on any atom is 0.269 e. The molecule has 5 heteroatoms. The highest BCUT2D eigenvalue weighted by molar-refractivity contribution is 6.30. The third kappa shape index (κ3) is 3.10. The summed E-state index contributed by atoms with van der Waals surface area (Å²) in [4.78, 5) is 14.2. The molecule has 1 heterocycles. The van der Waals surface area contributed by atoms with Gasteiger partial charge in [0, 0.05) is 17.5 Å². The fraction of sp³-hybridized carbons (Fsp3) is 0.167. The second-order valence-electron chi connectivity index (χ2n) is 5.22. The van der Waals surface area contributed by atoms with Crippen LogP contribution >= 0.6 is 11.6 Å². The molecule has 23 heavy (non-hydrogen) atoms. The van der Waals surface area contributed by atoms with Crippen molar-refractivity contribution in [3.8, 4) is 23.8 Å². The van der Waals surface area contributed by atoms with E-state index in [0.717, 1.165) is 5.56 Å². The predicted molar refractivity (Wildman–Crippen MR) is 88.9 cm³/mol. The molecule has 1 N–H and O–H groups in total. The Balaban J connectivity index is 1.92. The standard InChI is InChI=1S/C18H14ClNO3/c1-2-9-20-15-8-7-14(21)11-16(15)23-17(18(20)22)10-12-3-5-13(19)6-4-12/h1,3-8,11,17,21H,9-10H2. The summed E-state index contributed by atoms with van der Waals surface area (Å²) < 4.78 is 5.78. The molecule has 0 aliphatic carbocycles. The van der Waals surface area contributed by atoms with Crippen LogP contribution in [0.5, 0.6) is 11.5 Å². The number of halogens is 1. The molecule has 3 rings (SSSR count). The number of aromatic hydroxyl groups is 1. The lowest BCUT2D eigenvalue weighted by molar-refractivity contribution is -0.126. The Morgan fingerprint density at radius 1 is 1.26 bits per heavy atom. The normalized spacial score (nSPS) is 16.4. The van der Waals surface area contributed by atoms with Crippen LogP contribution in [0.4, 0.5) is 5.69 Å². The van der Waals surface area contributed by atoms with Gasteiger partial charge in [0.2, 0.25) is 0 Å². The van der Waals surface area contributed by atoms with E-state index in [-0.39, 0.29) is 18.2 Å². The van der Waals surface area contributed by atoms with Crippen LogP contribution in [0.15, 0.2) is 42.5 Å². The summed E-state index contributed by atoms with van der Waals surface area (Å²) in [6.07, 6.45) is 5.07. The van der Waals surface area contributed by atoms with Crippen molar-refractivity contribution in [2.75, 3.05) is 11.4 Å². The first-order valence-electron chi connectivity index (χ1n) is 7.07. The molecule has 1 amide bonds. The highest BCUT2D eigenvalue weighted by Gasteiger charge is 2.34. The van der Waals surface area contributed by atoms with Crippen LogP contribution in [0.2, 0.25) is 5.02 Å². The molecular formula is C18H14ClNO3. The number of rotatable bonds is 3. The van der Waals surface area contributed by atoms with Crippen LogP contribution in [0.25, 0.3) is 0 Å². The molecule has 0 spiro atoms. The molecule has 1 aliphatic rings. The number of anilines is 1. The number of fused-ring (bicyclic) bond motifs is 1. The lowest BCUT2D eigenvalue weighted by Gasteiger charge is -2.33. The monoisotopic (exact) mass is 327 g/mol. The molecule has 1 unspecified atom stereocenters. The van der Waals surface area contributed by atoms with Crippen molar-refractivity contribution in [2.45, 2.75) is 12.5 Å². The molecule has 4 nitrogen and oxygen atoms in total. The Kier molecular flexibility index (Phi) is 4.14. The molecule has 0 aromatic heterocycles. The first-order valence-corrected chi connectivity index (χ1v) is 7.45. The van der Waals surface area contributed by atoms with Gasteiger partial charge in [0.15, 0.2) is 6.10 Å². The fourth-order valence-electron chi connectivity index (χ4n) is 2.53. The lowest BCUT2D eigenvalue weighted by Crippen LogP contribution is -2.47. The van der Waals surface area contributed by atoms with Gasteiger partial charge in [-0.25, -0.2) is 0 Å². The fourth-order valence-corrected chi connectivity index (χ4v) is 2.66. The van der Waals surface area contributed by atoms with Gasteiger partial charge in [-0.15, -0.1) is 6.42 Å². The van der Waals surface area contributed by atoms with Crippen molar-refractivity contribution in [3.05, 3.63) is 53.1 Å². The average molecular weight is 328 g/mol. The van der Waals surface area contributed by atoms with Gasteiger partial charge < -0.3 is 9.84 Å². The summed E-state index contributed by atoms with van der Waals surface area (Å²) in [5.41, 5.74) is 1.50. The Morgan fingerprint density at radius 3 is 2.70 bits per heavy atom.